The fraction of sp³-hybridized carbons (Fsp3) is 0.400. The number of aromatic nitrogens is 3. The minimum Gasteiger partial charge on any atom is -0.486 e. The summed E-state index contributed by atoms with van der Waals surface area (Å²) in [6.45, 7) is 1.76. The number of hydrogen-bond donors (Lipinski definition) is 1. The van der Waals surface area contributed by atoms with E-state index in [1.165, 1.54) is 40.7 Å². The number of thioether (sulfide) groups is 1. The van der Waals surface area contributed by atoms with Crippen molar-refractivity contribution < 1.29 is 13.9 Å². The Kier molecular flexibility index (Phi) is 5.19. The maximum Gasteiger partial charge on any atom is 0.233 e. The van der Waals surface area contributed by atoms with Gasteiger partial charge in [0.05, 0.1) is 5.75 Å². The number of benzene rings is 1. The van der Waals surface area contributed by atoms with Gasteiger partial charge in [-0.25, -0.2) is 9.07 Å². The minimum absolute atomic E-state index is 0.0876. The highest BCUT2D eigenvalue weighted by Gasteiger charge is 2.19. The molecule has 0 radical (unpaired) electrons. The van der Waals surface area contributed by atoms with Crippen LogP contribution in [-0.2, 0) is 11.4 Å². The van der Waals surface area contributed by atoms with Gasteiger partial charge in [0, 0.05) is 13.1 Å². The zero-order valence-corrected chi connectivity index (χ0v) is 13.8. The average Bonchev–Trinajstić information content (AvgIpc) is 3.23. The van der Waals surface area contributed by atoms with Crippen LogP contribution in [0.4, 0.5) is 4.39 Å². The Morgan fingerprint density at radius 3 is 2.67 bits per heavy atom. The molecule has 2 heterocycles. The number of carbonyl (C=O) groups is 1. The van der Waals surface area contributed by atoms with Crippen LogP contribution in [0.5, 0.6) is 5.75 Å². The Labute approximate surface area is 142 Å². The lowest BCUT2D eigenvalue weighted by Crippen LogP contribution is -2.29. The van der Waals surface area contributed by atoms with Crippen LogP contribution in [0.15, 0.2) is 29.4 Å². The number of rotatable bonds is 6. The van der Waals surface area contributed by atoms with E-state index in [1.54, 1.807) is 0 Å². The lowest BCUT2D eigenvalue weighted by Gasteiger charge is -2.14. The Morgan fingerprint density at radius 1 is 1.25 bits per heavy atom. The van der Waals surface area contributed by atoms with E-state index in [1.807, 2.05) is 4.90 Å². The third-order valence-corrected chi connectivity index (χ3v) is 4.63. The molecular weight excluding hydrogens is 333 g/mol. The fourth-order valence-corrected chi connectivity index (χ4v) is 3.15. The summed E-state index contributed by atoms with van der Waals surface area (Å²) in [5.41, 5.74) is 0. The van der Waals surface area contributed by atoms with Crippen LogP contribution in [0.2, 0.25) is 0 Å². The molecule has 0 aliphatic carbocycles. The predicted octanol–water partition coefficient (Wildman–Crippen LogP) is 1.42. The van der Waals surface area contributed by atoms with Crippen molar-refractivity contribution >= 4 is 17.7 Å². The molecule has 2 N–H and O–H groups in total. The maximum atomic E-state index is 12.8. The highest BCUT2D eigenvalue weighted by molar-refractivity contribution is 7.99. The van der Waals surface area contributed by atoms with Gasteiger partial charge in [-0.1, -0.05) is 11.8 Å². The summed E-state index contributed by atoms with van der Waals surface area (Å²) in [4.78, 5) is 13.9. The summed E-state index contributed by atoms with van der Waals surface area (Å²) in [5.74, 6) is 6.92. The monoisotopic (exact) mass is 351 g/mol. The van der Waals surface area contributed by atoms with E-state index < -0.39 is 0 Å². The van der Waals surface area contributed by atoms with Gasteiger partial charge >= 0.3 is 0 Å². The van der Waals surface area contributed by atoms with Crippen LogP contribution in [-0.4, -0.2) is 44.5 Å². The second-order valence-corrected chi connectivity index (χ2v) is 6.33. The molecule has 1 saturated heterocycles. The highest BCUT2D eigenvalue weighted by Crippen LogP contribution is 2.18. The van der Waals surface area contributed by atoms with E-state index in [2.05, 4.69) is 10.2 Å². The number of nitrogen functional groups attached to an aromatic ring is 1. The predicted molar refractivity (Wildman–Crippen MR) is 87.4 cm³/mol. The van der Waals surface area contributed by atoms with Crippen LogP contribution >= 0.6 is 11.8 Å². The molecule has 2 aromatic rings. The number of halogens is 1. The zero-order valence-electron chi connectivity index (χ0n) is 13.0. The molecule has 1 aliphatic heterocycles. The largest absolute Gasteiger partial charge is 0.486 e. The molecule has 128 valence electrons. The van der Waals surface area contributed by atoms with Gasteiger partial charge in [-0.15, -0.1) is 10.2 Å². The molecule has 0 spiro atoms. The first-order valence-corrected chi connectivity index (χ1v) is 8.60. The molecule has 1 aliphatic rings. The summed E-state index contributed by atoms with van der Waals surface area (Å²) in [6.07, 6.45) is 2.13. The van der Waals surface area contributed by atoms with Gasteiger partial charge < -0.3 is 15.5 Å². The molecule has 1 fully saturated rings. The first-order valence-electron chi connectivity index (χ1n) is 7.62. The second-order valence-electron chi connectivity index (χ2n) is 5.39. The second kappa shape index (κ2) is 7.52. The Bertz CT molecular complexity index is 700. The summed E-state index contributed by atoms with van der Waals surface area (Å²) in [6, 6.07) is 5.68. The molecule has 0 bridgehead atoms. The molecule has 0 atom stereocenters. The van der Waals surface area contributed by atoms with E-state index in [0.717, 1.165) is 25.9 Å². The van der Waals surface area contributed by atoms with Crippen molar-refractivity contribution in [3.63, 3.8) is 0 Å². The van der Waals surface area contributed by atoms with E-state index >= 15 is 0 Å². The average molecular weight is 351 g/mol. The van der Waals surface area contributed by atoms with E-state index in [9.17, 15) is 9.18 Å². The van der Waals surface area contributed by atoms with Gasteiger partial charge in [-0.2, -0.15) is 0 Å². The quantitative estimate of drug-likeness (QED) is 0.626. The van der Waals surface area contributed by atoms with Crippen molar-refractivity contribution in [2.75, 3.05) is 24.7 Å². The number of amides is 1. The fourth-order valence-electron chi connectivity index (χ4n) is 2.37. The van der Waals surface area contributed by atoms with Gasteiger partial charge in [-0.05, 0) is 37.1 Å². The van der Waals surface area contributed by atoms with Crippen LogP contribution in [0.1, 0.15) is 18.7 Å². The van der Waals surface area contributed by atoms with E-state index in [0.29, 0.717) is 16.7 Å². The number of nitrogens with two attached hydrogens (primary N) is 1. The highest BCUT2D eigenvalue weighted by atomic mass is 32.2. The lowest BCUT2D eigenvalue weighted by molar-refractivity contribution is -0.127. The smallest absolute Gasteiger partial charge is 0.233 e. The molecule has 7 nitrogen and oxygen atoms in total. The Balaban J connectivity index is 1.53. The van der Waals surface area contributed by atoms with Gasteiger partial charge in [0.2, 0.25) is 11.1 Å². The topological polar surface area (TPSA) is 86.3 Å². The normalized spacial score (nSPS) is 14.1. The van der Waals surface area contributed by atoms with Gasteiger partial charge in [-0.3, -0.25) is 4.79 Å². The first kappa shape index (κ1) is 16.6. The van der Waals surface area contributed by atoms with Crippen LogP contribution in [0, 0.1) is 5.82 Å². The SMILES string of the molecule is Nn1c(COc2ccc(F)cc2)nnc1SCC(=O)N1CCCC1. The van der Waals surface area contributed by atoms with Crippen LogP contribution < -0.4 is 10.6 Å². The Hall–Kier alpha value is -2.29. The number of ether oxygens (including phenoxy) is 1. The number of carbonyl (C=O) groups excluding carboxylic acids is 1. The van der Waals surface area contributed by atoms with Crippen molar-refractivity contribution in [1.29, 1.82) is 0 Å². The van der Waals surface area contributed by atoms with E-state index in [-0.39, 0.29) is 24.1 Å². The molecule has 24 heavy (non-hydrogen) atoms. The first-order chi connectivity index (χ1) is 11.6. The molecule has 3 rings (SSSR count). The summed E-state index contributed by atoms with van der Waals surface area (Å²) >= 11 is 1.25. The van der Waals surface area contributed by atoms with Crippen LogP contribution in [0.25, 0.3) is 0 Å². The molecule has 9 heteroatoms. The van der Waals surface area contributed by atoms with Crippen molar-refractivity contribution in [1.82, 2.24) is 19.8 Å². The van der Waals surface area contributed by atoms with Gasteiger partial charge in [0.15, 0.2) is 5.82 Å². The van der Waals surface area contributed by atoms with Crippen molar-refractivity contribution in [2.45, 2.75) is 24.6 Å². The van der Waals surface area contributed by atoms with Gasteiger partial charge in [0.25, 0.3) is 0 Å². The van der Waals surface area contributed by atoms with Crippen molar-refractivity contribution in [3.05, 3.63) is 35.9 Å². The summed E-state index contributed by atoms with van der Waals surface area (Å²) in [7, 11) is 0. The molecule has 1 amide bonds. The molecule has 1 aromatic carbocycles. The number of likely N-dealkylation sites (tertiary alicyclic amines) is 1. The van der Waals surface area contributed by atoms with Gasteiger partial charge in [0.1, 0.15) is 18.2 Å². The van der Waals surface area contributed by atoms with Crippen LogP contribution in [0.3, 0.4) is 0 Å². The minimum atomic E-state index is -0.328. The standard InChI is InChI=1S/C15H18FN5O2S/c16-11-3-5-12(6-4-11)23-9-13-18-19-15(21(13)17)24-10-14(22)20-7-1-2-8-20/h3-6H,1-2,7-10,17H2. The molecule has 0 saturated carbocycles. The summed E-state index contributed by atoms with van der Waals surface area (Å²) < 4.78 is 19.6. The Morgan fingerprint density at radius 2 is 1.96 bits per heavy atom. The number of nitrogens with zero attached hydrogens (tertiary/aromatic N) is 4. The van der Waals surface area contributed by atoms with Crippen molar-refractivity contribution in [3.8, 4) is 5.75 Å². The molecular formula is C15H18FN5O2S. The third kappa shape index (κ3) is 3.97. The van der Waals surface area contributed by atoms with Crippen molar-refractivity contribution in [2.24, 2.45) is 0 Å². The zero-order chi connectivity index (χ0) is 16.9. The summed E-state index contributed by atoms with van der Waals surface area (Å²) in [5, 5.41) is 8.41. The maximum absolute atomic E-state index is 12.8. The lowest BCUT2D eigenvalue weighted by atomic mass is 10.3. The third-order valence-electron chi connectivity index (χ3n) is 3.70. The molecule has 0 unspecified atom stereocenters. The number of hydrogen-bond acceptors (Lipinski definition) is 6. The molecule has 1 aromatic heterocycles. The van der Waals surface area contributed by atoms with E-state index in [4.69, 9.17) is 10.6 Å².